The molecule has 2 atom stereocenters. The van der Waals surface area contributed by atoms with E-state index in [1.165, 1.54) is 0 Å². The molecule has 2 rings (SSSR count). The van der Waals surface area contributed by atoms with E-state index in [0.29, 0.717) is 19.1 Å². The van der Waals surface area contributed by atoms with Crippen molar-refractivity contribution in [3.63, 3.8) is 0 Å². The molecule has 2 heterocycles. The van der Waals surface area contributed by atoms with Gasteiger partial charge < -0.3 is 20.1 Å². The number of alkyl carbamates (subject to hydrolysis) is 1. The Balaban J connectivity index is 1.59. The van der Waals surface area contributed by atoms with Gasteiger partial charge in [-0.05, 0) is 19.4 Å². The number of hydrogen-bond donors (Lipinski definition) is 2. The van der Waals surface area contributed by atoms with Crippen LogP contribution in [-0.2, 0) is 9.47 Å². The molecule has 2 N–H and O–H groups in total. The van der Waals surface area contributed by atoms with Crippen LogP contribution in [0.4, 0.5) is 4.79 Å². The molecule has 0 saturated carbocycles. The third-order valence-electron chi connectivity index (χ3n) is 2.86. The van der Waals surface area contributed by atoms with Crippen molar-refractivity contribution >= 4 is 6.09 Å². The fraction of sp³-hybridized carbons (Fsp3) is 0.900. The summed E-state index contributed by atoms with van der Waals surface area (Å²) in [6.45, 7) is 3.86. The van der Waals surface area contributed by atoms with Gasteiger partial charge in [-0.1, -0.05) is 0 Å². The van der Waals surface area contributed by atoms with Gasteiger partial charge in [0.2, 0.25) is 0 Å². The number of amides is 1. The molecule has 0 aliphatic carbocycles. The third-order valence-corrected chi connectivity index (χ3v) is 2.86. The minimum absolute atomic E-state index is 0.138. The van der Waals surface area contributed by atoms with Gasteiger partial charge in [-0.3, -0.25) is 0 Å². The Morgan fingerprint density at radius 2 is 2.47 bits per heavy atom. The van der Waals surface area contributed by atoms with Crippen molar-refractivity contribution in [1.29, 1.82) is 0 Å². The average molecular weight is 214 g/mol. The lowest BCUT2D eigenvalue weighted by Gasteiger charge is -2.13. The van der Waals surface area contributed by atoms with E-state index in [-0.39, 0.29) is 12.1 Å². The van der Waals surface area contributed by atoms with Crippen LogP contribution in [0.15, 0.2) is 0 Å². The molecule has 2 aliphatic heterocycles. The lowest BCUT2D eigenvalue weighted by molar-refractivity contribution is 0.124. The molecule has 2 unspecified atom stereocenters. The SMILES string of the molecule is O=C(NC1CCOC1)OCC1CCNC1. The van der Waals surface area contributed by atoms with Gasteiger partial charge in [-0.2, -0.15) is 0 Å². The van der Waals surface area contributed by atoms with E-state index in [1.54, 1.807) is 0 Å². The molecule has 0 aromatic heterocycles. The van der Waals surface area contributed by atoms with Crippen molar-refractivity contribution < 1.29 is 14.3 Å². The molecule has 2 fully saturated rings. The number of hydrogen-bond acceptors (Lipinski definition) is 4. The van der Waals surface area contributed by atoms with Crippen molar-refractivity contribution in [2.45, 2.75) is 18.9 Å². The number of carbonyl (C=O) groups is 1. The molecule has 0 aromatic carbocycles. The third kappa shape index (κ3) is 3.35. The Bertz CT molecular complexity index is 211. The van der Waals surface area contributed by atoms with E-state index >= 15 is 0 Å². The molecule has 1 amide bonds. The van der Waals surface area contributed by atoms with Crippen LogP contribution < -0.4 is 10.6 Å². The van der Waals surface area contributed by atoms with Gasteiger partial charge in [0.25, 0.3) is 0 Å². The fourth-order valence-electron chi connectivity index (χ4n) is 1.91. The van der Waals surface area contributed by atoms with Crippen LogP contribution in [0, 0.1) is 5.92 Å². The maximum absolute atomic E-state index is 11.3. The van der Waals surface area contributed by atoms with E-state index in [9.17, 15) is 4.79 Å². The first-order valence-corrected chi connectivity index (χ1v) is 5.56. The van der Waals surface area contributed by atoms with Gasteiger partial charge in [-0.25, -0.2) is 4.79 Å². The highest BCUT2D eigenvalue weighted by Gasteiger charge is 2.20. The van der Waals surface area contributed by atoms with Crippen molar-refractivity contribution in [2.24, 2.45) is 5.92 Å². The second-order valence-corrected chi connectivity index (χ2v) is 4.16. The maximum atomic E-state index is 11.3. The van der Waals surface area contributed by atoms with Crippen molar-refractivity contribution in [3.05, 3.63) is 0 Å². The van der Waals surface area contributed by atoms with Crippen LogP contribution in [0.5, 0.6) is 0 Å². The average Bonchev–Trinajstić information content (AvgIpc) is 2.86. The second kappa shape index (κ2) is 5.32. The molecule has 2 aliphatic rings. The van der Waals surface area contributed by atoms with Crippen LogP contribution in [0.3, 0.4) is 0 Å². The number of nitrogens with one attached hydrogen (secondary N) is 2. The summed E-state index contributed by atoms with van der Waals surface area (Å²) in [6, 6.07) is 0.138. The van der Waals surface area contributed by atoms with Gasteiger partial charge in [0.15, 0.2) is 0 Å². The van der Waals surface area contributed by atoms with Crippen molar-refractivity contribution in [3.8, 4) is 0 Å². The Morgan fingerprint density at radius 3 is 3.13 bits per heavy atom. The minimum Gasteiger partial charge on any atom is -0.449 e. The van der Waals surface area contributed by atoms with Crippen molar-refractivity contribution in [2.75, 3.05) is 32.9 Å². The minimum atomic E-state index is -0.308. The number of ether oxygens (including phenoxy) is 2. The summed E-state index contributed by atoms with van der Waals surface area (Å²) >= 11 is 0. The Morgan fingerprint density at radius 1 is 1.53 bits per heavy atom. The predicted molar refractivity (Wildman–Crippen MR) is 54.7 cm³/mol. The smallest absolute Gasteiger partial charge is 0.407 e. The Kier molecular flexibility index (Phi) is 3.80. The van der Waals surface area contributed by atoms with Crippen molar-refractivity contribution in [1.82, 2.24) is 10.6 Å². The molecule has 86 valence electrons. The monoisotopic (exact) mass is 214 g/mol. The van der Waals surface area contributed by atoms with E-state index in [2.05, 4.69) is 10.6 Å². The molecule has 5 heteroatoms. The van der Waals surface area contributed by atoms with E-state index in [1.807, 2.05) is 0 Å². The normalized spacial score (nSPS) is 30.4. The zero-order valence-electron chi connectivity index (χ0n) is 8.83. The van der Waals surface area contributed by atoms with E-state index in [4.69, 9.17) is 9.47 Å². The molecule has 0 bridgehead atoms. The van der Waals surface area contributed by atoms with Gasteiger partial charge >= 0.3 is 6.09 Å². The first-order valence-electron chi connectivity index (χ1n) is 5.56. The predicted octanol–water partition coefficient (Wildman–Crippen LogP) is 0.111. The second-order valence-electron chi connectivity index (χ2n) is 4.16. The molecular weight excluding hydrogens is 196 g/mol. The van der Waals surface area contributed by atoms with Gasteiger partial charge in [0, 0.05) is 19.1 Å². The summed E-state index contributed by atoms with van der Waals surface area (Å²) in [5.41, 5.74) is 0. The van der Waals surface area contributed by atoms with Gasteiger partial charge in [0.05, 0.1) is 19.3 Å². The van der Waals surface area contributed by atoms with E-state index in [0.717, 1.165) is 32.5 Å². The summed E-state index contributed by atoms with van der Waals surface area (Å²) in [5, 5.41) is 6.03. The zero-order chi connectivity index (χ0) is 10.5. The van der Waals surface area contributed by atoms with Crippen LogP contribution in [0.25, 0.3) is 0 Å². The highest BCUT2D eigenvalue weighted by atomic mass is 16.5. The highest BCUT2D eigenvalue weighted by Crippen LogP contribution is 2.08. The fourth-order valence-corrected chi connectivity index (χ4v) is 1.91. The first-order chi connectivity index (χ1) is 7.34. The Hall–Kier alpha value is -0.810. The highest BCUT2D eigenvalue weighted by molar-refractivity contribution is 5.67. The number of carbonyl (C=O) groups excluding carboxylic acids is 1. The van der Waals surface area contributed by atoms with Crippen LogP contribution in [-0.4, -0.2) is 45.0 Å². The molecular formula is C10H18N2O3. The lowest BCUT2D eigenvalue weighted by Crippen LogP contribution is -2.36. The zero-order valence-corrected chi connectivity index (χ0v) is 8.83. The lowest BCUT2D eigenvalue weighted by atomic mass is 10.1. The number of rotatable bonds is 3. The van der Waals surface area contributed by atoms with Gasteiger partial charge in [0.1, 0.15) is 0 Å². The molecule has 2 saturated heterocycles. The molecule has 0 spiro atoms. The molecule has 0 aromatic rings. The summed E-state index contributed by atoms with van der Waals surface area (Å²) in [5.74, 6) is 0.482. The standard InChI is InChI=1S/C10H18N2O3/c13-10(12-9-2-4-14-7-9)15-6-8-1-3-11-5-8/h8-9,11H,1-7H2,(H,12,13). The Labute approximate surface area is 89.5 Å². The van der Waals surface area contributed by atoms with Crippen LogP contribution in [0.1, 0.15) is 12.8 Å². The largest absolute Gasteiger partial charge is 0.449 e. The maximum Gasteiger partial charge on any atom is 0.407 e. The summed E-state index contributed by atoms with van der Waals surface area (Å²) in [4.78, 5) is 11.3. The van der Waals surface area contributed by atoms with Crippen LogP contribution in [0.2, 0.25) is 0 Å². The van der Waals surface area contributed by atoms with E-state index < -0.39 is 0 Å². The van der Waals surface area contributed by atoms with Crippen LogP contribution >= 0.6 is 0 Å². The molecule has 5 nitrogen and oxygen atoms in total. The van der Waals surface area contributed by atoms with Gasteiger partial charge in [-0.15, -0.1) is 0 Å². The summed E-state index contributed by atoms with van der Waals surface area (Å²) < 4.78 is 10.3. The summed E-state index contributed by atoms with van der Waals surface area (Å²) in [6.07, 6.45) is 1.68. The molecule has 15 heavy (non-hydrogen) atoms. The quantitative estimate of drug-likeness (QED) is 0.700. The molecule has 0 radical (unpaired) electrons. The topological polar surface area (TPSA) is 59.6 Å². The first kappa shape index (κ1) is 10.7. The summed E-state index contributed by atoms with van der Waals surface area (Å²) in [7, 11) is 0.